The highest BCUT2D eigenvalue weighted by Crippen LogP contribution is 3.02. The fourth-order valence-corrected chi connectivity index (χ4v) is 5.35. The number of aromatic nitrogens is 2. The topological polar surface area (TPSA) is 105 Å². The highest BCUT2D eigenvalue weighted by Gasteiger charge is 2.65. The standard InChI is InChI=1S/C18H14Cl2F5N5O2S2/c1-33(31,32)29(10-11-5-3-2-4-6-11)17-15(9-26)28-30(18(17)27)16-13(19)7-12(8-14(16)20)34(21,22,23,24)25/h2-8H,10,27H2,1H3. The lowest BCUT2D eigenvalue weighted by molar-refractivity contribution is 0.364. The molecule has 0 unspecified atom stereocenters. The van der Waals surface area contributed by atoms with Crippen LogP contribution in [0.15, 0.2) is 47.4 Å². The molecule has 0 fully saturated rings. The van der Waals surface area contributed by atoms with Gasteiger partial charge >= 0.3 is 10.2 Å². The Morgan fingerprint density at radius 2 is 1.65 bits per heavy atom. The molecule has 7 nitrogen and oxygen atoms in total. The average molecular weight is 562 g/mol. The summed E-state index contributed by atoms with van der Waals surface area (Å²) in [4.78, 5) is -2.34. The maximum atomic E-state index is 13.2. The molecule has 3 rings (SSSR count). The number of nitrogens with zero attached hydrogens (tertiary/aromatic N) is 4. The number of sulfonamides is 1. The van der Waals surface area contributed by atoms with Gasteiger partial charge in [-0.2, -0.15) is 10.4 Å². The molecule has 0 bridgehead atoms. The number of rotatable bonds is 6. The first-order valence-electron chi connectivity index (χ1n) is 8.87. The molecule has 16 heteroatoms. The number of anilines is 2. The molecule has 184 valence electrons. The van der Waals surface area contributed by atoms with Crippen LogP contribution in [0.1, 0.15) is 11.3 Å². The molecule has 0 aliphatic carbocycles. The van der Waals surface area contributed by atoms with Gasteiger partial charge in [0, 0.05) is 0 Å². The van der Waals surface area contributed by atoms with Crippen molar-refractivity contribution in [2.24, 2.45) is 0 Å². The van der Waals surface area contributed by atoms with Gasteiger partial charge in [0.15, 0.2) is 11.5 Å². The maximum absolute atomic E-state index is 13.2. The molecule has 0 radical (unpaired) electrons. The predicted molar refractivity (Wildman–Crippen MR) is 122 cm³/mol. The second kappa shape index (κ2) is 7.64. The highest BCUT2D eigenvalue weighted by molar-refractivity contribution is 8.45. The number of nitriles is 1. The molecular formula is C18H14Cl2F5N5O2S2. The van der Waals surface area contributed by atoms with Crippen molar-refractivity contribution in [1.82, 2.24) is 9.78 Å². The first-order chi connectivity index (χ1) is 15.3. The Hall–Kier alpha value is -2.73. The van der Waals surface area contributed by atoms with E-state index in [1.165, 1.54) is 0 Å². The van der Waals surface area contributed by atoms with Crippen LogP contribution < -0.4 is 10.0 Å². The number of hydrogen-bond donors (Lipinski definition) is 1. The minimum atomic E-state index is -10.1. The predicted octanol–water partition coefficient (Wildman–Crippen LogP) is 6.26. The first-order valence-corrected chi connectivity index (χ1v) is 13.4. The van der Waals surface area contributed by atoms with Gasteiger partial charge in [-0.05, 0) is 17.7 Å². The van der Waals surface area contributed by atoms with Crippen LogP contribution >= 0.6 is 33.4 Å². The fraction of sp³-hybridized carbons (Fsp3) is 0.111. The van der Waals surface area contributed by atoms with Gasteiger partial charge in [0.2, 0.25) is 10.0 Å². The van der Waals surface area contributed by atoms with Gasteiger partial charge in [-0.3, -0.25) is 4.31 Å². The van der Waals surface area contributed by atoms with E-state index in [0.29, 0.717) is 10.2 Å². The molecule has 0 atom stereocenters. The Morgan fingerprint density at radius 3 is 2.09 bits per heavy atom. The molecule has 1 heterocycles. The summed E-state index contributed by atoms with van der Waals surface area (Å²) < 4.78 is 92.5. The monoisotopic (exact) mass is 561 g/mol. The van der Waals surface area contributed by atoms with Crippen molar-refractivity contribution in [3.63, 3.8) is 0 Å². The van der Waals surface area contributed by atoms with Crippen LogP contribution in [0.3, 0.4) is 0 Å². The molecule has 0 aliphatic rings. The van der Waals surface area contributed by atoms with E-state index in [0.717, 1.165) is 10.6 Å². The lowest BCUT2D eigenvalue weighted by Crippen LogP contribution is -2.30. The van der Waals surface area contributed by atoms with E-state index in [2.05, 4.69) is 5.10 Å². The van der Waals surface area contributed by atoms with Gasteiger partial charge in [0.25, 0.3) is 0 Å². The summed E-state index contributed by atoms with van der Waals surface area (Å²) in [5.74, 6) is -0.526. The third-order valence-corrected chi connectivity index (χ3v) is 7.28. The Labute approximate surface area is 200 Å². The van der Waals surface area contributed by atoms with E-state index in [1.54, 1.807) is 36.4 Å². The van der Waals surface area contributed by atoms with Crippen molar-refractivity contribution in [2.75, 3.05) is 16.3 Å². The number of benzene rings is 2. The summed E-state index contributed by atoms with van der Waals surface area (Å²) in [6, 6.07) is 9.77. The maximum Gasteiger partial charge on any atom is 0.310 e. The van der Waals surface area contributed by atoms with Gasteiger partial charge < -0.3 is 5.73 Å². The Balaban J connectivity index is 2.25. The average Bonchev–Trinajstić information content (AvgIpc) is 2.99. The largest absolute Gasteiger partial charge is 0.382 e. The zero-order valence-corrected chi connectivity index (χ0v) is 20.0. The number of hydrogen-bond acceptors (Lipinski definition) is 5. The van der Waals surface area contributed by atoms with Gasteiger partial charge in [0.05, 0.1) is 22.8 Å². The molecule has 0 saturated heterocycles. The Bertz CT molecular complexity index is 1420. The second-order valence-corrected chi connectivity index (χ2v) is 12.2. The van der Waals surface area contributed by atoms with E-state index in [9.17, 15) is 33.1 Å². The first kappa shape index (κ1) is 25.9. The minimum Gasteiger partial charge on any atom is -0.382 e. The Morgan fingerprint density at radius 1 is 1.12 bits per heavy atom. The van der Waals surface area contributed by atoms with Gasteiger partial charge in [0.1, 0.15) is 22.3 Å². The second-order valence-electron chi connectivity index (χ2n) is 7.07. The molecule has 34 heavy (non-hydrogen) atoms. The van der Waals surface area contributed by atoms with Crippen LogP contribution in [0.5, 0.6) is 0 Å². The fourth-order valence-electron chi connectivity index (χ4n) is 2.99. The van der Waals surface area contributed by atoms with E-state index in [-0.39, 0.29) is 18.7 Å². The molecular weight excluding hydrogens is 548 g/mol. The summed E-state index contributed by atoms with van der Waals surface area (Å²) >= 11 is 11.7. The summed E-state index contributed by atoms with van der Waals surface area (Å²) in [6.45, 7) is -0.269. The molecule has 3 aromatic rings. The molecule has 1 aromatic heterocycles. The van der Waals surface area contributed by atoms with Crippen molar-refractivity contribution in [2.45, 2.75) is 11.4 Å². The van der Waals surface area contributed by atoms with Crippen LogP contribution in [0.2, 0.25) is 10.0 Å². The highest BCUT2D eigenvalue weighted by atomic mass is 35.5. The molecule has 0 spiro atoms. The summed E-state index contributed by atoms with van der Waals surface area (Å²) in [5, 5.41) is 11.5. The van der Waals surface area contributed by atoms with Gasteiger partial charge in [-0.25, -0.2) is 13.1 Å². The van der Waals surface area contributed by atoms with E-state index >= 15 is 0 Å². The van der Waals surface area contributed by atoms with Gasteiger partial charge in [-0.1, -0.05) is 73.0 Å². The molecule has 2 N–H and O–H groups in total. The van der Waals surface area contributed by atoms with Crippen molar-refractivity contribution in [3.8, 4) is 11.8 Å². The summed E-state index contributed by atoms with van der Waals surface area (Å²) in [6.07, 6.45) is 0.845. The number of nitrogens with two attached hydrogens (primary N) is 1. The molecule has 0 saturated carbocycles. The summed E-state index contributed by atoms with van der Waals surface area (Å²) in [5.41, 5.74) is 5.08. The van der Waals surface area contributed by atoms with E-state index < -0.39 is 58.1 Å². The van der Waals surface area contributed by atoms with Crippen molar-refractivity contribution in [1.29, 1.82) is 5.26 Å². The van der Waals surface area contributed by atoms with Crippen LogP contribution in [-0.4, -0.2) is 24.5 Å². The third kappa shape index (κ3) is 5.17. The zero-order chi connectivity index (χ0) is 25.8. The normalized spacial score (nSPS) is 14.2. The molecule has 0 aliphatic heterocycles. The Kier molecular flexibility index (Phi) is 5.81. The molecule has 0 amide bonds. The zero-order valence-electron chi connectivity index (χ0n) is 16.9. The van der Waals surface area contributed by atoms with Crippen LogP contribution in [0.4, 0.5) is 30.9 Å². The lowest BCUT2D eigenvalue weighted by Gasteiger charge is -2.40. The third-order valence-electron chi connectivity index (χ3n) is 4.47. The summed E-state index contributed by atoms with van der Waals surface area (Å²) in [7, 11) is -14.2. The minimum absolute atomic E-state index is 0.0462. The smallest absolute Gasteiger partial charge is 0.310 e. The van der Waals surface area contributed by atoms with Crippen molar-refractivity contribution < 1.29 is 27.8 Å². The van der Waals surface area contributed by atoms with Crippen LogP contribution in [-0.2, 0) is 16.6 Å². The van der Waals surface area contributed by atoms with Crippen LogP contribution in [0, 0.1) is 11.3 Å². The van der Waals surface area contributed by atoms with Gasteiger partial charge in [-0.15, -0.1) is 0 Å². The quantitative estimate of drug-likeness (QED) is 0.358. The lowest BCUT2D eigenvalue weighted by atomic mass is 10.2. The molecule has 2 aromatic carbocycles. The van der Waals surface area contributed by atoms with Crippen LogP contribution in [0.25, 0.3) is 5.69 Å². The SMILES string of the molecule is CS(=O)(=O)N(Cc1ccccc1)c1c(C#N)nn(-c2c(Cl)cc(S(F)(F)(F)(F)F)cc2Cl)c1N. The van der Waals surface area contributed by atoms with Crippen molar-refractivity contribution >= 4 is 55.0 Å². The van der Waals surface area contributed by atoms with E-state index in [4.69, 9.17) is 28.9 Å². The van der Waals surface area contributed by atoms with E-state index in [1.807, 2.05) is 0 Å². The number of halogens is 7. The number of nitrogen functional groups attached to an aromatic ring is 1. The van der Waals surface area contributed by atoms with Crippen molar-refractivity contribution in [3.05, 3.63) is 63.8 Å².